The summed E-state index contributed by atoms with van der Waals surface area (Å²) in [5.74, 6) is -0.649. The molecule has 3 N–H and O–H groups in total. The van der Waals surface area contributed by atoms with Crippen molar-refractivity contribution in [1.29, 1.82) is 15.8 Å². The Balaban J connectivity index is 3.70. The van der Waals surface area contributed by atoms with Crippen LogP contribution in [-0.2, 0) is 7.05 Å². The highest BCUT2D eigenvalue weighted by atomic mass is 15.0. The molecule has 0 amide bonds. The van der Waals surface area contributed by atoms with Gasteiger partial charge >= 0.3 is 0 Å². The molecular weight excluding hydrogens is 216 g/mol. The van der Waals surface area contributed by atoms with Crippen molar-refractivity contribution >= 4 is 11.5 Å². The molecule has 0 saturated heterocycles. The number of nitrogens with two attached hydrogens (primary N) is 1. The predicted octanol–water partition coefficient (Wildman–Crippen LogP) is 0.137. The fourth-order valence-electron chi connectivity index (χ4n) is 1.57. The maximum Gasteiger partial charge on any atom is 0.274 e. The van der Waals surface area contributed by atoms with Crippen molar-refractivity contribution in [1.82, 2.24) is 0 Å². The molecule has 17 heavy (non-hydrogen) atoms. The molecule has 84 valence electrons. The van der Waals surface area contributed by atoms with Crippen LogP contribution in [-0.4, -0.2) is 7.05 Å². The summed E-state index contributed by atoms with van der Waals surface area (Å²) in [7, 11) is 3.26. The minimum Gasteiger partial charge on any atom is -0.387 e. The summed E-state index contributed by atoms with van der Waals surface area (Å²) in [4.78, 5) is 0. The van der Waals surface area contributed by atoms with Crippen molar-refractivity contribution in [2.24, 2.45) is 7.05 Å². The molecule has 0 aromatic carbocycles. The molecule has 0 fully saturated rings. The molecule has 0 spiro atoms. The lowest BCUT2D eigenvalue weighted by Crippen LogP contribution is -2.39. The average Bonchev–Trinajstić information content (AvgIpc) is 2.35. The molecular formula is C11H11N6+. The summed E-state index contributed by atoms with van der Waals surface area (Å²) in [5, 5.41) is 29.8. The normalized spacial score (nSPS) is 9.18. The number of rotatable bonds is 2. The Kier molecular flexibility index (Phi) is 3.49. The number of nitrogens with one attached hydrogen (secondary N) is 1. The van der Waals surface area contributed by atoms with Crippen molar-refractivity contribution in [3.63, 3.8) is 0 Å². The summed E-state index contributed by atoms with van der Waals surface area (Å²) >= 11 is 0. The van der Waals surface area contributed by atoms with E-state index < -0.39 is 5.92 Å². The highest BCUT2D eigenvalue weighted by Gasteiger charge is 2.25. The lowest BCUT2D eigenvalue weighted by molar-refractivity contribution is -0.664. The summed E-state index contributed by atoms with van der Waals surface area (Å²) in [6.45, 7) is 0. The Morgan fingerprint density at radius 3 is 2.35 bits per heavy atom. The topological polar surface area (TPSA) is 113 Å². The number of nitrogen functional groups attached to an aromatic ring is 1. The van der Waals surface area contributed by atoms with Gasteiger partial charge in [-0.1, -0.05) is 0 Å². The van der Waals surface area contributed by atoms with Gasteiger partial charge in [0.15, 0.2) is 11.6 Å². The van der Waals surface area contributed by atoms with Crippen molar-refractivity contribution in [3.8, 4) is 18.2 Å². The van der Waals surface area contributed by atoms with Crippen LogP contribution in [0.25, 0.3) is 0 Å². The van der Waals surface area contributed by atoms with Gasteiger partial charge < -0.3 is 5.32 Å². The van der Waals surface area contributed by atoms with Crippen LogP contribution in [0.1, 0.15) is 17.2 Å². The van der Waals surface area contributed by atoms with E-state index in [1.54, 1.807) is 20.2 Å². The third-order valence-electron chi connectivity index (χ3n) is 2.48. The van der Waals surface area contributed by atoms with Crippen molar-refractivity contribution in [2.45, 2.75) is 5.92 Å². The number of pyridine rings is 1. The molecule has 0 aliphatic heterocycles. The Bertz CT molecular complexity index is 556. The summed E-state index contributed by atoms with van der Waals surface area (Å²) in [6.07, 6.45) is 0. The lowest BCUT2D eigenvalue weighted by Gasteiger charge is -2.11. The van der Waals surface area contributed by atoms with Gasteiger partial charge in [-0.2, -0.15) is 15.8 Å². The van der Waals surface area contributed by atoms with Crippen LogP contribution in [0.4, 0.5) is 11.5 Å². The number of nitrogens with zero attached hydrogens (tertiary/aromatic N) is 4. The SMILES string of the molecule is CNc1cc(N)[n+](C)c(C(C#N)C#N)c1C#N. The van der Waals surface area contributed by atoms with Crippen LogP contribution >= 0.6 is 0 Å². The molecule has 1 heterocycles. The van der Waals surface area contributed by atoms with Crippen molar-refractivity contribution in [2.75, 3.05) is 18.1 Å². The maximum atomic E-state index is 9.12. The molecule has 0 unspecified atom stereocenters. The third-order valence-corrected chi connectivity index (χ3v) is 2.48. The second-order valence-electron chi connectivity index (χ2n) is 3.36. The zero-order chi connectivity index (χ0) is 13.0. The molecule has 0 aliphatic carbocycles. The quantitative estimate of drug-likeness (QED) is 0.697. The van der Waals surface area contributed by atoms with Gasteiger partial charge in [-0.05, 0) is 0 Å². The number of nitriles is 3. The Hall–Kier alpha value is -2.78. The molecule has 0 bridgehead atoms. The van der Waals surface area contributed by atoms with Crippen LogP contribution in [0.3, 0.4) is 0 Å². The summed E-state index contributed by atoms with van der Waals surface area (Å²) in [5.41, 5.74) is 6.84. The van der Waals surface area contributed by atoms with Crippen LogP contribution in [0.2, 0.25) is 0 Å². The van der Waals surface area contributed by atoms with Gasteiger partial charge in [0, 0.05) is 7.05 Å². The molecule has 1 aromatic rings. The highest BCUT2D eigenvalue weighted by Crippen LogP contribution is 2.23. The molecule has 1 rings (SSSR count). The smallest absolute Gasteiger partial charge is 0.274 e. The van der Waals surface area contributed by atoms with Crippen molar-refractivity contribution in [3.05, 3.63) is 17.3 Å². The third kappa shape index (κ3) is 1.95. The fourth-order valence-corrected chi connectivity index (χ4v) is 1.57. The Labute approximate surface area is 99.1 Å². The number of aromatic nitrogens is 1. The first-order chi connectivity index (χ1) is 8.10. The van der Waals surface area contributed by atoms with Gasteiger partial charge in [-0.15, -0.1) is 0 Å². The first-order valence-corrected chi connectivity index (χ1v) is 4.80. The largest absolute Gasteiger partial charge is 0.387 e. The van der Waals surface area contributed by atoms with Gasteiger partial charge in [-0.25, -0.2) is 4.57 Å². The Morgan fingerprint density at radius 2 is 1.94 bits per heavy atom. The average molecular weight is 227 g/mol. The summed E-state index contributed by atoms with van der Waals surface area (Å²) in [6, 6.07) is 7.27. The van der Waals surface area contributed by atoms with E-state index in [9.17, 15) is 0 Å². The molecule has 0 atom stereocenters. The van der Waals surface area contributed by atoms with Crippen LogP contribution in [0.5, 0.6) is 0 Å². The van der Waals surface area contributed by atoms with E-state index in [1.165, 1.54) is 4.57 Å². The van der Waals surface area contributed by atoms with Crippen molar-refractivity contribution < 1.29 is 4.57 Å². The van der Waals surface area contributed by atoms with E-state index in [2.05, 4.69) is 5.32 Å². The van der Waals surface area contributed by atoms with Crippen LogP contribution in [0.15, 0.2) is 6.07 Å². The molecule has 6 heteroatoms. The molecule has 0 aliphatic rings. The van der Waals surface area contributed by atoms with Gasteiger partial charge in [0.1, 0.15) is 11.6 Å². The molecule has 6 nitrogen and oxygen atoms in total. The standard InChI is InChI=1S/C11H10N6/c1-16-9-3-10(15)17(2)11(8(9)6-14)7(4-12)5-13/h3,7H,1-2H3,(H2,15,16)/p+1. The minimum absolute atomic E-state index is 0.261. The first-order valence-electron chi connectivity index (χ1n) is 4.80. The molecule has 0 radical (unpaired) electrons. The van der Waals surface area contributed by atoms with Crippen LogP contribution < -0.4 is 15.6 Å². The van der Waals surface area contributed by atoms with Crippen LogP contribution in [0, 0.1) is 34.0 Å². The number of hydrogen-bond acceptors (Lipinski definition) is 5. The van der Waals surface area contributed by atoms with Gasteiger partial charge in [0.05, 0.1) is 30.9 Å². The monoisotopic (exact) mass is 227 g/mol. The van der Waals surface area contributed by atoms with E-state index in [0.29, 0.717) is 17.2 Å². The maximum absolute atomic E-state index is 9.12. The predicted molar refractivity (Wildman–Crippen MR) is 60.3 cm³/mol. The van der Waals surface area contributed by atoms with Gasteiger partial charge in [-0.3, -0.25) is 5.73 Å². The van der Waals surface area contributed by atoms with E-state index in [-0.39, 0.29) is 5.56 Å². The second-order valence-corrected chi connectivity index (χ2v) is 3.36. The zero-order valence-electron chi connectivity index (χ0n) is 9.52. The second kappa shape index (κ2) is 4.83. The Morgan fingerprint density at radius 1 is 1.35 bits per heavy atom. The number of anilines is 2. The van der Waals surface area contributed by atoms with Gasteiger partial charge in [0.25, 0.3) is 5.82 Å². The molecule has 1 aromatic heterocycles. The lowest BCUT2D eigenvalue weighted by atomic mass is 10.0. The van der Waals surface area contributed by atoms with E-state index in [1.807, 2.05) is 18.2 Å². The van der Waals surface area contributed by atoms with E-state index in [0.717, 1.165) is 0 Å². The fraction of sp³-hybridized carbons (Fsp3) is 0.273. The van der Waals surface area contributed by atoms with Gasteiger partial charge in [0.2, 0.25) is 0 Å². The first kappa shape index (κ1) is 12.3. The summed E-state index contributed by atoms with van der Waals surface area (Å²) < 4.78 is 1.48. The van der Waals surface area contributed by atoms with E-state index >= 15 is 0 Å². The number of hydrogen-bond donors (Lipinski definition) is 2. The highest BCUT2D eigenvalue weighted by molar-refractivity contribution is 5.62. The minimum atomic E-state index is -1.02. The molecule has 0 saturated carbocycles. The van der Waals surface area contributed by atoms with E-state index in [4.69, 9.17) is 21.5 Å². The zero-order valence-corrected chi connectivity index (χ0v) is 9.52.